The predicted octanol–water partition coefficient (Wildman–Crippen LogP) is 2.32. The number of fused-ring (bicyclic) bond motifs is 1. The van der Waals surface area contributed by atoms with E-state index >= 15 is 0 Å². The van der Waals surface area contributed by atoms with Crippen molar-refractivity contribution in [2.24, 2.45) is 0 Å². The van der Waals surface area contributed by atoms with Gasteiger partial charge >= 0.3 is 0 Å². The minimum Gasteiger partial charge on any atom is -0.454 e. The summed E-state index contributed by atoms with van der Waals surface area (Å²) in [5.74, 6) is 1.12. The molecular weight excluding hydrogens is 362 g/mol. The summed E-state index contributed by atoms with van der Waals surface area (Å²) in [7, 11) is -3.72. The van der Waals surface area contributed by atoms with Crippen molar-refractivity contribution < 1.29 is 23.0 Å². The van der Waals surface area contributed by atoms with Crippen LogP contribution in [0.15, 0.2) is 34.5 Å². The van der Waals surface area contributed by atoms with Crippen molar-refractivity contribution in [2.45, 2.75) is 16.7 Å². The Morgan fingerprint density at radius 2 is 2.04 bits per heavy atom. The zero-order chi connectivity index (χ0) is 16.7. The van der Waals surface area contributed by atoms with Gasteiger partial charge in [-0.15, -0.1) is 11.3 Å². The van der Waals surface area contributed by atoms with Gasteiger partial charge in [0.25, 0.3) is 0 Å². The Bertz CT molecular complexity index is 831. The highest BCUT2D eigenvalue weighted by atomic mass is 35.5. The Morgan fingerprint density at radius 1 is 1.30 bits per heavy atom. The van der Waals surface area contributed by atoms with Crippen LogP contribution in [0.3, 0.4) is 0 Å². The molecule has 3 rings (SSSR count). The Balaban J connectivity index is 1.76. The Kier molecular flexibility index (Phi) is 4.28. The molecule has 0 saturated carbocycles. The summed E-state index contributed by atoms with van der Waals surface area (Å²) < 4.78 is 37.8. The van der Waals surface area contributed by atoms with Crippen molar-refractivity contribution in [1.82, 2.24) is 4.72 Å². The van der Waals surface area contributed by atoms with Crippen LogP contribution >= 0.6 is 22.9 Å². The monoisotopic (exact) mass is 375 g/mol. The van der Waals surface area contributed by atoms with E-state index in [4.69, 9.17) is 21.1 Å². The van der Waals surface area contributed by atoms with Gasteiger partial charge in [0, 0.05) is 6.54 Å². The van der Waals surface area contributed by atoms with Gasteiger partial charge in [0.15, 0.2) is 11.5 Å². The van der Waals surface area contributed by atoms with Gasteiger partial charge in [-0.25, -0.2) is 13.1 Å². The molecule has 0 spiro atoms. The van der Waals surface area contributed by atoms with E-state index in [9.17, 15) is 13.5 Å². The third kappa shape index (κ3) is 3.46. The first kappa shape index (κ1) is 16.5. The van der Waals surface area contributed by atoms with Crippen LogP contribution in [0.1, 0.15) is 12.5 Å². The van der Waals surface area contributed by atoms with E-state index in [0.29, 0.717) is 21.4 Å². The van der Waals surface area contributed by atoms with E-state index in [-0.39, 0.29) is 17.5 Å². The molecule has 0 amide bonds. The molecule has 1 aromatic heterocycles. The fraction of sp³-hybridized carbons (Fsp3) is 0.286. The van der Waals surface area contributed by atoms with Gasteiger partial charge in [-0.3, -0.25) is 0 Å². The maximum Gasteiger partial charge on any atom is 0.250 e. The number of thiophene rings is 1. The summed E-state index contributed by atoms with van der Waals surface area (Å²) in [6.45, 7) is 1.46. The molecule has 2 N–H and O–H groups in total. The van der Waals surface area contributed by atoms with E-state index in [1.54, 1.807) is 18.2 Å². The molecule has 0 aliphatic carbocycles. The number of hydrogen-bond donors (Lipinski definition) is 2. The van der Waals surface area contributed by atoms with Gasteiger partial charge in [0.1, 0.15) is 9.81 Å². The van der Waals surface area contributed by atoms with Crippen LogP contribution in [-0.2, 0) is 15.6 Å². The number of halogens is 1. The Morgan fingerprint density at radius 3 is 2.74 bits per heavy atom. The summed E-state index contributed by atoms with van der Waals surface area (Å²) in [6.07, 6.45) is 0. The molecule has 1 aliphatic heterocycles. The third-order valence-corrected chi connectivity index (χ3v) is 6.54. The molecule has 0 saturated heterocycles. The molecule has 0 fully saturated rings. The minimum absolute atomic E-state index is 0.101. The van der Waals surface area contributed by atoms with Crippen LogP contribution in [0, 0.1) is 0 Å². The van der Waals surface area contributed by atoms with Gasteiger partial charge < -0.3 is 14.6 Å². The van der Waals surface area contributed by atoms with Crippen LogP contribution in [0.2, 0.25) is 4.34 Å². The average Bonchev–Trinajstić information content (AvgIpc) is 3.13. The highest BCUT2D eigenvalue weighted by molar-refractivity contribution is 7.91. The first-order valence-electron chi connectivity index (χ1n) is 6.65. The second-order valence-electron chi connectivity index (χ2n) is 5.22. The smallest absolute Gasteiger partial charge is 0.250 e. The summed E-state index contributed by atoms with van der Waals surface area (Å²) in [5.41, 5.74) is -0.886. The van der Waals surface area contributed by atoms with E-state index in [1.165, 1.54) is 19.1 Å². The summed E-state index contributed by atoms with van der Waals surface area (Å²) >= 11 is 6.71. The fourth-order valence-corrected chi connectivity index (χ4v) is 4.74. The normalized spacial score (nSPS) is 16.3. The molecule has 1 aliphatic rings. The van der Waals surface area contributed by atoms with Crippen molar-refractivity contribution in [2.75, 3.05) is 13.3 Å². The number of ether oxygens (including phenoxy) is 2. The zero-order valence-corrected chi connectivity index (χ0v) is 14.5. The van der Waals surface area contributed by atoms with Crippen molar-refractivity contribution in [3.8, 4) is 11.5 Å². The van der Waals surface area contributed by atoms with Gasteiger partial charge in [-0.1, -0.05) is 17.7 Å². The fourth-order valence-electron chi connectivity index (χ4n) is 2.08. The van der Waals surface area contributed by atoms with Crippen molar-refractivity contribution in [3.05, 3.63) is 40.2 Å². The lowest BCUT2D eigenvalue weighted by atomic mass is 9.96. The maximum absolute atomic E-state index is 12.2. The summed E-state index contributed by atoms with van der Waals surface area (Å²) in [6, 6.07) is 7.92. The highest BCUT2D eigenvalue weighted by Crippen LogP contribution is 2.35. The van der Waals surface area contributed by atoms with E-state index in [1.807, 2.05) is 0 Å². The summed E-state index contributed by atoms with van der Waals surface area (Å²) in [4.78, 5) is 0. The number of aliphatic hydroxyl groups is 1. The van der Waals surface area contributed by atoms with Crippen LogP contribution in [0.25, 0.3) is 0 Å². The Hall–Kier alpha value is -1.32. The number of sulfonamides is 1. The van der Waals surface area contributed by atoms with Gasteiger partial charge in [0.05, 0.1) is 4.34 Å². The largest absolute Gasteiger partial charge is 0.454 e. The van der Waals surface area contributed by atoms with Crippen molar-refractivity contribution >= 4 is 33.0 Å². The topological polar surface area (TPSA) is 84.9 Å². The molecule has 0 radical (unpaired) electrons. The standard InChI is InChI=1S/C14H14ClNO5S2/c1-14(17,9-2-3-10-11(6-9)21-8-20-10)7-16-23(18,19)13-5-4-12(15)22-13/h2-6,16-17H,7-8H2,1H3. The highest BCUT2D eigenvalue weighted by Gasteiger charge is 2.28. The summed E-state index contributed by atoms with van der Waals surface area (Å²) in [5, 5.41) is 10.6. The minimum atomic E-state index is -3.72. The average molecular weight is 376 g/mol. The molecule has 1 aromatic carbocycles. The van der Waals surface area contributed by atoms with Gasteiger partial charge in [-0.2, -0.15) is 0 Å². The number of hydrogen-bond acceptors (Lipinski definition) is 6. The van der Waals surface area contributed by atoms with Crippen LogP contribution in [0.5, 0.6) is 11.5 Å². The number of rotatable bonds is 5. The third-order valence-electron chi connectivity index (χ3n) is 3.41. The lowest BCUT2D eigenvalue weighted by molar-refractivity contribution is 0.0625. The number of nitrogens with one attached hydrogen (secondary N) is 1. The maximum atomic E-state index is 12.2. The Labute approximate surface area is 142 Å². The molecule has 124 valence electrons. The predicted molar refractivity (Wildman–Crippen MR) is 86.7 cm³/mol. The molecule has 9 heteroatoms. The van der Waals surface area contributed by atoms with Crippen LogP contribution in [0.4, 0.5) is 0 Å². The lowest BCUT2D eigenvalue weighted by Gasteiger charge is -2.24. The van der Waals surface area contributed by atoms with Crippen LogP contribution in [-0.4, -0.2) is 26.9 Å². The molecule has 1 atom stereocenters. The molecule has 1 unspecified atom stereocenters. The van der Waals surface area contributed by atoms with E-state index < -0.39 is 15.6 Å². The number of benzene rings is 1. The molecular formula is C14H14ClNO5S2. The lowest BCUT2D eigenvalue weighted by Crippen LogP contribution is -2.38. The second kappa shape index (κ2) is 5.95. The first-order chi connectivity index (χ1) is 10.8. The van der Waals surface area contributed by atoms with Crippen molar-refractivity contribution in [3.63, 3.8) is 0 Å². The van der Waals surface area contributed by atoms with Gasteiger partial charge in [0.2, 0.25) is 16.8 Å². The van der Waals surface area contributed by atoms with E-state index in [0.717, 1.165) is 11.3 Å². The quantitative estimate of drug-likeness (QED) is 0.837. The first-order valence-corrected chi connectivity index (χ1v) is 9.33. The van der Waals surface area contributed by atoms with Crippen molar-refractivity contribution in [1.29, 1.82) is 0 Å². The molecule has 23 heavy (non-hydrogen) atoms. The van der Waals surface area contributed by atoms with Crippen LogP contribution < -0.4 is 14.2 Å². The molecule has 6 nitrogen and oxygen atoms in total. The molecule has 0 bridgehead atoms. The molecule has 2 heterocycles. The van der Waals surface area contributed by atoms with E-state index in [2.05, 4.69) is 4.72 Å². The second-order valence-corrected chi connectivity index (χ2v) is 8.93. The van der Waals surface area contributed by atoms with Gasteiger partial charge in [-0.05, 0) is 36.8 Å². The SMILES string of the molecule is CC(O)(CNS(=O)(=O)c1ccc(Cl)s1)c1ccc2c(c1)OCO2. The molecule has 2 aromatic rings. The zero-order valence-electron chi connectivity index (χ0n) is 12.1.